The third-order valence-electron chi connectivity index (χ3n) is 1.76. The summed E-state index contributed by atoms with van der Waals surface area (Å²) in [5.74, 6) is 0. The molecular weight excluding hydrogens is 132 g/mol. The molecule has 0 bridgehead atoms. The van der Waals surface area contributed by atoms with Gasteiger partial charge in [-0.1, -0.05) is 30.3 Å². The number of hydrogen-bond donors (Lipinski definition) is 0. The zero-order valence-electron chi connectivity index (χ0n) is 7.15. The second kappa shape index (κ2) is 2.91. The van der Waals surface area contributed by atoms with E-state index in [0.717, 1.165) is 11.1 Å². The van der Waals surface area contributed by atoms with E-state index in [0.29, 0.717) is 0 Å². The molecule has 1 radical (unpaired) electrons. The van der Waals surface area contributed by atoms with Gasteiger partial charge in [-0.2, -0.15) is 0 Å². The normalized spacial score (nSPS) is 9.73. The van der Waals surface area contributed by atoms with E-state index in [2.05, 4.69) is 45.5 Å². The Labute approximate surface area is 68.6 Å². The fraction of sp³-hybridized carbons (Fsp3) is 0.182. The first-order valence-electron chi connectivity index (χ1n) is 3.70. The first-order valence-corrected chi connectivity index (χ1v) is 3.70. The molecular formula is C11H13. The molecule has 1 aromatic carbocycles. The highest BCUT2D eigenvalue weighted by molar-refractivity contribution is 5.68. The molecule has 0 aliphatic carbocycles. The highest BCUT2D eigenvalue weighted by Gasteiger charge is 1.97. The molecule has 0 aliphatic heterocycles. The lowest BCUT2D eigenvalue weighted by atomic mass is 10.0. The van der Waals surface area contributed by atoms with E-state index >= 15 is 0 Å². The van der Waals surface area contributed by atoms with E-state index in [-0.39, 0.29) is 0 Å². The summed E-state index contributed by atoms with van der Waals surface area (Å²) in [7, 11) is 0. The van der Waals surface area contributed by atoms with E-state index in [1.165, 1.54) is 11.1 Å². The molecule has 0 nitrogen and oxygen atoms in total. The van der Waals surface area contributed by atoms with E-state index in [9.17, 15) is 0 Å². The van der Waals surface area contributed by atoms with Gasteiger partial charge in [0.2, 0.25) is 0 Å². The van der Waals surface area contributed by atoms with Gasteiger partial charge in [0.1, 0.15) is 0 Å². The minimum Gasteiger partial charge on any atom is -0.0952 e. The van der Waals surface area contributed by atoms with Gasteiger partial charge in [0.15, 0.2) is 0 Å². The van der Waals surface area contributed by atoms with Gasteiger partial charge in [-0.25, -0.2) is 0 Å². The molecule has 1 aromatic rings. The molecule has 0 heterocycles. The molecule has 0 unspecified atom stereocenters. The van der Waals surface area contributed by atoms with Crippen molar-refractivity contribution < 1.29 is 0 Å². The lowest BCUT2D eigenvalue weighted by molar-refractivity contribution is 1.36. The highest BCUT2D eigenvalue weighted by Crippen LogP contribution is 2.16. The molecule has 0 aromatic heterocycles. The van der Waals surface area contributed by atoms with Crippen LogP contribution in [0, 0.1) is 20.8 Å². The van der Waals surface area contributed by atoms with Crippen LogP contribution in [0.4, 0.5) is 0 Å². The summed E-state index contributed by atoms with van der Waals surface area (Å²) in [6, 6.07) is 6.30. The Morgan fingerprint density at radius 1 is 1.27 bits per heavy atom. The SMILES string of the molecule is [CH2]C(=C)c1ccc(C)cc1C. The Kier molecular flexibility index (Phi) is 2.13. The standard InChI is InChI=1S/C11H13/c1-8(2)11-6-5-9(3)7-10(11)4/h5-7H,1-2H2,3-4H3. The van der Waals surface area contributed by atoms with Gasteiger partial charge in [-0.15, -0.1) is 0 Å². The second-order valence-corrected chi connectivity index (χ2v) is 2.92. The maximum absolute atomic E-state index is 3.80. The van der Waals surface area contributed by atoms with Crippen LogP contribution < -0.4 is 0 Å². The predicted octanol–water partition coefficient (Wildman–Crippen LogP) is 3.15. The molecule has 0 fully saturated rings. The molecule has 0 saturated carbocycles. The second-order valence-electron chi connectivity index (χ2n) is 2.92. The number of aryl methyl sites for hydroxylation is 2. The zero-order valence-corrected chi connectivity index (χ0v) is 7.15. The summed E-state index contributed by atoms with van der Waals surface area (Å²) >= 11 is 0. The van der Waals surface area contributed by atoms with E-state index in [4.69, 9.17) is 0 Å². The molecule has 0 heteroatoms. The largest absolute Gasteiger partial charge is 0.0952 e. The molecule has 1 rings (SSSR count). The van der Waals surface area contributed by atoms with Gasteiger partial charge in [0.05, 0.1) is 0 Å². The van der Waals surface area contributed by atoms with Crippen LogP contribution in [0.2, 0.25) is 0 Å². The smallest absolute Gasteiger partial charge is 0.0201 e. The molecule has 0 atom stereocenters. The van der Waals surface area contributed by atoms with Gasteiger partial charge >= 0.3 is 0 Å². The van der Waals surface area contributed by atoms with Crippen LogP contribution in [0.25, 0.3) is 5.57 Å². The van der Waals surface area contributed by atoms with Gasteiger partial charge in [-0.05, 0) is 37.5 Å². The average molecular weight is 145 g/mol. The van der Waals surface area contributed by atoms with Crippen LogP contribution >= 0.6 is 0 Å². The number of allylic oxidation sites excluding steroid dienone is 1. The van der Waals surface area contributed by atoms with E-state index in [1.54, 1.807) is 0 Å². The van der Waals surface area contributed by atoms with E-state index < -0.39 is 0 Å². The molecule has 0 saturated heterocycles. The van der Waals surface area contributed by atoms with Gasteiger partial charge in [-0.3, -0.25) is 0 Å². The van der Waals surface area contributed by atoms with E-state index in [1.807, 2.05) is 0 Å². The quantitative estimate of drug-likeness (QED) is 0.569. The van der Waals surface area contributed by atoms with Crippen LogP contribution in [0.15, 0.2) is 24.8 Å². The van der Waals surface area contributed by atoms with Crippen LogP contribution in [0.1, 0.15) is 16.7 Å². The Morgan fingerprint density at radius 3 is 2.36 bits per heavy atom. The molecule has 11 heavy (non-hydrogen) atoms. The van der Waals surface area contributed by atoms with Crippen molar-refractivity contribution in [2.75, 3.05) is 0 Å². The fourth-order valence-corrected chi connectivity index (χ4v) is 1.21. The zero-order chi connectivity index (χ0) is 8.43. The summed E-state index contributed by atoms with van der Waals surface area (Å²) in [5, 5.41) is 0. The lowest BCUT2D eigenvalue weighted by Gasteiger charge is -2.04. The van der Waals surface area contributed by atoms with Crippen molar-refractivity contribution in [3.63, 3.8) is 0 Å². The predicted molar refractivity (Wildman–Crippen MR) is 50.3 cm³/mol. The maximum atomic E-state index is 3.80. The molecule has 0 amide bonds. The molecule has 0 spiro atoms. The van der Waals surface area contributed by atoms with Gasteiger partial charge in [0.25, 0.3) is 0 Å². The monoisotopic (exact) mass is 145 g/mol. The third kappa shape index (κ3) is 1.70. The minimum atomic E-state index is 0.891. The Morgan fingerprint density at radius 2 is 1.91 bits per heavy atom. The Balaban J connectivity index is 3.20. The molecule has 0 N–H and O–H groups in total. The third-order valence-corrected chi connectivity index (χ3v) is 1.76. The number of hydrogen-bond acceptors (Lipinski definition) is 0. The van der Waals surface area contributed by atoms with Crippen LogP contribution in [0.5, 0.6) is 0 Å². The molecule has 0 aliphatic rings. The first-order chi connectivity index (χ1) is 5.11. The highest BCUT2D eigenvalue weighted by atomic mass is 14.0. The average Bonchev–Trinajstić information content (AvgIpc) is 1.85. The lowest BCUT2D eigenvalue weighted by Crippen LogP contribution is -1.85. The fourth-order valence-electron chi connectivity index (χ4n) is 1.21. The number of benzene rings is 1. The summed E-state index contributed by atoms with van der Waals surface area (Å²) in [6.45, 7) is 11.8. The van der Waals surface area contributed by atoms with Gasteiger partial charge in [0, 0.05) is 0 Å². The van der Waals surface area contributed by atoms with Crippen LogP contribution in [-0.4, -0.2) is 0 Å². The summed E-state index contributed by atoms with van der Waals surface area (Å²) in [4.78, 5) is 0. The van der Waals surface area contributed by atoms with Crippen molar-refractivity contribution in [1.29, 1.82) is 0 Å². The van der Waals surface area contributed by atoms with Crippen molar-refractivity contribution >= 4 is 5.57 Å². The minimum absolute atomic E-state index is 0.891. The Bertz CT molecular complexity index is 282. The summed E-state index contributed by atoms with van der Waals surface area (Å²) in [6.07, 6.45) is 0. The van der Waals surface area contributed by atoms with Gasteiger partial charge < -0.3 is 0 Å². The van der Waals surface area contributed by atoms with Crippen molar-refractivity contribution in [3.05, 3.63) is 48.4 Å². The topological polar surface area (TPSA) is 0 Å². The maximum Gasteiger partial charge on any atom is -0.0201 e. The van der Waals surface area contributed by atoms with Crippen molar-refractivity contribution in [1.82, 2.24) is 0 Å². The van der Waals surface area contributed by atoms with Crippen molar-refractivity contribution in [3.8, 4) is 0 Å². The number of rotatable bonds is 1. The molecule has 57 valence electrons. The van der Waals surface area contributed by atoms with Crippen molar-refractivity contribution in [2.24, 2.45) is 0 Å². The first kappa shape index (κ1) is 8.06. The summed E-state index contributed by atoms with van der Waals surface area (Å²) in [5.41, 5.74) is 4.59. The van der Waals surface area contributed by atoms with Crippen LogP contribution in [-0.2, 0) is 0 Å². The summed E-state index contributed by atoms with van der Waals surface area (Å²) < 4.78 is 0. The Hall–Kier alpha value is -1.04. The van der Waals surface area contributed by atoms with Crippen molar-refractivity contribution in [2.45, 2.75) is 13.8 Å². The van der Waals surface area contributed by atoms with Crippen LogP contribution in [0.3, 0.4) is 0 Å².